The van der Waals surface area contributed by atoms with Crippen LogP contribution >= 0.6 is 0 Å². The van der Waals surface area contributed by atoms with E-state index in [1.165, 1.54) is 50.2 Å². The Bertz CT molecular complexity index is 368. The van der Waals surface area contributed by atoms with Crippen molar-refractivity contribution in [2.75, 3.05) is 19.6 Å². The van der Waals surface area contributed by atoms with E-state index in [0.29, 0.717) is 6.04 Å². The molecule has 1 aromatic carbocycles. The molecule has 3 aliphatic heterocycles. The Kier molecular flexibility index (Phi) is 3.12. The lowest BCUT2D eigenvalue weighted by Gasteiger charge is -2.45. The Morgan fingerprint density at radius 2 is 1.88 bits per heavy atom. The molecule has 17 heavy (non-hydrogen) atoms. The van der Waals surface area contributed by atoms with Gasteiger partial charge in [-0.25, -0.2) is 4.39 Å². The molecular weight excluding hydrogens is 215 g/mol. The summed E-state index contributed by atoms with van der Waals surface area (Å²) in [6.45, 7) is 4.60. The van der Waals surface area contributed by atoms with Crippen molar-refractivity contribution < 1.29 is 4.39 Å². The Balaban J connectivity index is 1.56. The molecule has 0 aromatic heterocycles. The SMILES string of the molecule is Fc1ccc(CN[C@H]2CN3CCC2CC3)cc1. The van der Waals surface area contributed by atoms with Crippen LogP contribution in [0.5, 0.6) is 0 Å². The standard InChI is InChI=1S/C14H19FN2/c15-13-3-1-11(2-4-13)9-16-14-10-17-7-5-12(14)6-8-17/h1-4,12,14,16H,5-10H2/t14-/m0/s1. The van der Waals surface area contributed by atoms with Crippen LogP contribution in [-0.4, -0.2) is 30.6 Å². The highest BCUT2D eigenvalue weighted by Crippen LogP contribution is 2.27. The van der Waals surface area contributed by atoms with E-state index in [0.717, 1.165) is 12.5 Å². The fourth-order valence-electron chi connectivity index (χ4n) is 3.05. The topological polar surface area (TPSA) is 15.3 Å². The highest BCUT2D eigenvalue weighted by Gasteiger charge is 2.33. The van der Waals surface area contributed by atoms with Crippen molar-refractivity contribution in [3.05, 3.63) is 35.6 Å². The predicted molar refractivity (Wildman–Crippen MR) is 66.2 cm³/mol. The van der Waals surface area contributed by atoms with Gasteiger partial charge in [0.1, 0.15) is 5.82 Å². The highest BCUT2D eigenvalue weighted by molar-refractivity contribution is 5.16. The molecule has 2 nitrogen and oxygen atoms in total. The third-order valence-corrected chi connectivity index (χ3v) is 4.14. The molecule has 0 saturated carbocycles. The van der Waals surface area contributed by atoms with Crippen LogP contribution < -0.4 is 5.32 Å². The van der Waals surface area contributed by atoms with Crippen molar-refractivity contribution >= 4 is 0 Å². The van der Waals surface area contributed by atoms with Gasteiger partial charge in [-0.05, 0) is 49.5 Å². The normalized spacial score (nSPS) is 31.7. The number of halogens is 1. The van der Waals surface area contributed by atoms with Crippen molar-refractivity contribution in [2.24, 2.45) is 5.92 Å². The van der Waals surface area contributed by atoms with Gasteiger partial charge in [0.15, 0.2) is 0 Å². The van der Waals surface area contributed by atoms with E-state index < -0.39 is 0 Å². The van der Waals surface area contributed by atoms with E-state index >= 15 is 0 Å². The van der Waals surface area contributed by atoms with Gasteiger partial charge in [-0.2, -0.15) is 0 Å². The van der Waals surface area contributed by atoms with E-state index in [4.69, 9.17) is 0 Å². The van der Waals surface area contributed by atoms with E-state index in [1.807, 2.05) is 12.1 Å². The number of rotatable bonds is 3. The van der Waals surface area contributed by atoms with Gasteiger partial charge in [0.2, 0.25) is 0 Å². The van der Waals surface area contributed by atoms with E-state index in [1.54, 1.807) is 0 Å². The third kappa shape index (κ3) is 2.50. The lowest BCUT2D eigenvalue weighted by Crippen LogP contribution is -2.55. The van der Waals surface area contributed by atoms with Crippen molar-refractivity contribution in [3.63, 3.8) is 0 Å². The maximum atomic E-state index is 12.8. The lowest BCUT2D eigenvalue weighted by molar-refractivity contribution is 0.0720. The Morgan fingerprint density at radius 1 is 1.18 bits per heavy atom. The zero-order valence-electron chi connectivity index (χ0n) is 10.0. The van der Waals surface area contributed by atoms with Crippen molar-refractivity contribution in [1.82, 2.24) is 10.2 Å². The summed E-state index contributed by atoms with van der Waals surface area (Å²) in [7, 11) is 0. The van der Waals surface area contributed by atoms with Gasteiger partial charge in [0.05, 0.1) is 0 Å². The van der Waals surface area contributed by atoms with Gasteiger partial charge in [-0.15, -0.1) is 0 Å². The summed E-state index contributed by atoms with van der Waals surface area (Å²) in [4.78, 5) is 2.54. The summed E-state index contributed by atoms with van der Waals surface area (Å²) < 4.78 is 12.8. The number of piperidine rings is 3. The molecule has 2 bridgehead atoms. The van der Waals surface area contributed by atoms with Crippen LogP contribution in [0.2, 0.25) is 0 Å². The minimum absolute atomic E-state index is 0.156. The van der Waals surface area contributed by atoms with Gasteiger partial charge in [-0.3, -0.25) is 0 Å². The van der Waals surface area contributed by atoms with Crippen molar-refractivity contribution in [3.8, 4) is 0 Å². The van der Waals surface area contributed by atoms with Gasteiger partial charge in [0.25, 0.3) is 0 Å². The van der Waals surface area contributed by atoms with Crippen LogP contribution in [0.3, 0.4) is 0 Å². The zero-order chi connectivity index (χ0) is 11.7. The molecule has 3 heteroatoms. The van der Waals surface area contributed by atoms with Gasteiger partial charge in [0, 0.05) is 19.1 Å². The van der Waals surface area contributed by atoms with Crippen LogP contribution in [0.4, 0.5) is 4.39 Å². The molecule has 1 atom stereocenters. The van der Waals surface area contributed by atoms with Gasteiger partial charge in [-0.1, -0.05) is 12.1 Å². The smallest absolute Gasteiger partial charge is 0.123 e. The fraction of sp³-hybridized carbons (Fsp3) is 0.571. The minimum Gasteiger partial charge on any atom is -0.308 e. The highest BCUT2D eigenvalue weighted by atomic mass is 19.1. The molecule has 3 fully saturated rings. The fourth-order valence-corrected chi connectivity index (χ4v) is 3.05. The molecule has 0 spiro atoms. The molecule has 3 heterocycles. The van der Waals surface area contributed by atoms with Crippen LogP contribution in [0.1, 0.15) is 18.4 Å². The Hall–Kier alpha value is -0.930. The Labute approximate surface area is 102 Å². The average molecular weight is 234 g/mol. The summed E-state index contributed by atoms with van der Waals surface area (Å²) in [5.41, 5.74) is 1.17. The first-order chi connectivity index (χ1) is 8.31. The molecule has 4 rings (SSSR count). The molecule has 3 aliphatic rings. The van der Waals surface area contributed by atoms with E-state index in [2.05, 4.69) is 10.2 Å². The lowest BCUT2D eigenvalue weighted by atomic mass is 9.84. The number of benzene rings is 1. The summed E-state index contributed by atoms with van der Waals surface area (Å²) in [6.07, 6.45) is 2.67. The summed E-state index contributed by atoms with van der Waals surface area (Å²) in [6, 6.07) is 7.43. The number of nitrogens with zero attached hydrogens (tertiary/aromatic N) is 1. The molecule has 0 radical (unpaired) electrons. The maximum absolute atomic E-state index is 12.8. The monoisotopic (exact) mass is 234 g/mol. The number of fused-ring (bicyclic) bond motifs is 3. The number of hydrogen-bond acceptors (Lipinski definition) is 2. The quantitative estimate of drug-likeness (QED) is 0.860. The third-order valence-electron chi connectivity index (χ3n) is 4.14. The average Bonchev–Trinajstić information content (AvgIpc) is 2.39. The molecule has 0 amide bonds. The van der Waals surface area contributed by atoms with E-state index in [-0.39, 0.29) is 5.82 Å². The maximum Gasteiger partial charge on any atom is 0.123 e. The second-order valence-electron chi connectivity index (χ2n) is 5.25. The number of hydrogen-bond donors (Lipinski definition) is 1. The van der Waals surface area contributed by atoms with Gasteiger partial charge < -0.3 is 10.2 Å². The molecule has 3 saturated heterocycles. The van der Waals surface area contributed by atoms with Gasteiger partial charge >= 0.3 is 0 Å². The van der Waals surface area contributed by atoms with E-state index in [9.17, 15) is 4.39 Å². The predicted octanol–water partition coefficient (Wildman–Crippen LogP) is 2.01. The summed E-state index contributed by atoms with van der Waals surface area (Å²) in [5.74, 6) is 0.692. The molecular formula is C14H19FN2. The second kappa shape index (κ2) is 4.75. The molecule has 0 unspecified atom stereocenters. The minimum atomic E-state index is -0.156. The summed E-state index contributed by atoms with van der Waals surface area (Å²) >= 11 is 0. The first-order valence-electron chi connectivity index (χ1n) is 6.51. The molecule has 0 aliphatic carbocycles. The van der Waals surface area contributed by atoms with Crippen LogP contribution in [0.25, 0.3) is 0 Å². The second-order valence-corrected chi connectivity index (χ2v) is 5.25. The zero-order valence-corrected chi connectivity index (χ0v) is 10.0. The number of nitrogens with one attached hydrogen (secondary N) is 1. The summed E-state index contributed by atoms with van der Waals surface area (Å²) in [5, 5.41) is 3.62. The Morgan fingerprint density at radius 3 is 2.47 bits per heavy atom. The largest absolute Gasteiger partial charge is 0.308 e. The molecule has 1 aromatic rings. The molecule has 1 N–H and O–H groups in total. The van der Waals surface area contributed by atoms with Crippen LogP contribution in [0.15, 0.2) is 24.3 Å². The van der Waals surface area contributed by atoms with Crippen LogP contribution in [-0.2, 0) is 6.54 Å². The first kappa shape index (κ1) is 11.2. The van der Waals surface area contributed by atoms with Crippen molar-refractivity contribution in [1.29, 1.82) is 0 Å². The first-order valence-corrected chi connectivity index (χ1v) is 6.51. The molecule has 92 valence electrons. The van der Waals surface area contributed by atoms with Crippen LogP contribution in [0, 0.1) is 11.7 Å². The van der Waals surface area contributed by atoms with Crippen molar-refractivity contribution in [2.45, 2.75) is 25.4 Å².